The van der Waals surface area contributed by atoms with Gasteiger partial charge in [0, 0.05) is 24.2 Å². The van der Waals surface area contributed by atoms with Gasteiger partial charge in [0.25, 0.3) is 0 Å². The summed E-state index contributed by atoms with van der Waals surface area (Å²) in [6.07, 6.45) is 1.79. The molecule has 0 aliphatic carbocycles. The van der Waals surface area contributed by atoms with Crippen LogP contribution in [-0.2, 0) is 14.8 Å². The van der Waals surface area contributed by atoms with E-state index in [-0.39, 0.29) is 10.8 Å². The Morgan fingerprint density at radius 1 is 1.06 bits per heavy atom. The summed E-state index contributed by atoms with van der Waals surface area (Å²) >= 11 is 1.37. The number of para-hydroxylation sites is 1. The fraction of sp³-hybridized carbons (Fsp3) is 0.318. The molecule has 3 aromatic rings. The number of aryl methyl sites for hydroxylation is 1. The third-order valence-electron chi connectivity index (χ3n) is 5.16. The molecule has 0 radical (unpaired) electrons. The highest BCUT2D eigenvalue weighted by Crippen LogP contribution is 2.29. The van der Waals surface area contributed by atoms with Crippen LogP contribution in [-0.4, -0.2) is 46.9 Å². The van der Waals surface area contributed by atoms with Crippen molar-refractivity contribution in [2.24, 2.45) is 0 Å². The number of hydrogen-bond acceptors (Lipinski definition) is 6. The van der Waals surface area contributed by atoms with Crippen LogP contribution >= 0.6 is 11.8 Å². The van der Waals surface area contributed by atoms with Crippen LogP contribution < -0.4 is 5.32 Å². The minimum Gasteiger partial charge on any atom is -0.325 e. The summed E-state index contributed by atoms with van der Waals surface area (Å²) in [6.45, 7) is 4.77. The second-order valence-corrected chi connectivity index (χ2v) is 10.7. The summed E-state index contributed by atoms with van der Waals surface area (Å²) in [4.78, 5) is 21.9. The maximum absolute atomic E-state index is 12.7. The van der Waals surface area contributed by atoms with Crippen molar-refractivity contribution in [3.63, 3.8) is 0 Å². The molecule has 162 valence electrons. The van der Waals surface area contributed by atoms with Crippen molar-refractivity contribution < 1.29 is 13.2 Å². The van der Waals surface area contributed by atoms with Gasteiger partial charge in [-0.15, -0.1) is 0 Å². The molecule has 1 fully saturated rings. The number of thioether (sulfide) groups is 1. The summed E-state index contributed by atoms with van der Waals surface area (Å²) in [5.74, 6) is 0.476. The highest BCUT2D eigenvalue weighted by atomic mass is 32.2. The molecule has 1 aliphatic rings. The molecular weight excluding hydrogens is 432 g/mol. The number of rotatable bonds is 6. The molecule has 0 spiro atoms. The van der Waals surface area contributed by atoms with E-state index in [4.69, 9.17) is 0 Å². The van der Waals surface area contributed by atoms with Crippen molar-refractivity contribution in [1.82, 2.24) is 14.3 Å². The van der Waals surface area contributed by atoms with Gasteiger partial charge in [0.15, 0.2) is 0 Å². The number of carbonyl (C=O) groups is 1. The van der Waals surface area contributed by atoms with E-state index in [1.165, 1.54) is 16.1 Å². The molecule has 1 N–H and O–H groups in total. The molecule has 1 aromatic heterocycles. The molecule has 0 unspecified atom stereocenters. The zero-order valence-corrected chi connectivity index (χ0v) is 19.0. The summed E-state index contributed by atoms with van der Waals surface area (Å²) < 4.78 is 26.8. The van der Waals surface area contributed by atoms with Crippen LogP contribution in [0.4, 0.5) is 5.69 Å². The van der Waals surface area contributed by atoms with Crippen LogP contribution in [0.3, 0.4) is 0 Å². The van der Waals surface area contributed by atoms with Gasteiger partial charge in [-0.1, -0.05) is 30.0 Å². The van der Waals surface area contributed by atoms with Crippen molar-refractivity contribution >= 4 is 44.3 Å². The first-order chi connectivity index (χ1) is 14.8. The summed E-state index contributed by atoms with van der Waals surface area (Å²) in [6, 6.07) is 14.1. The van der Waals surface area contributed by atoms with E-state index in [2.05, 4.69) is 15.3 Å². The molecule has 1 aliphatic heterocycles. The van der Waals surface area contributed by atoms with Gasteiger partial charge in [-0.05, 0) is 57.0 Å². The smallest absolute Gasteiger partial charge is 0.243 e. The first-order valence-corrected chi connectivity index (χ1v) is 12.5. The Hall–Kier alpha value is -2.49. The van der Waals surface area contributed by atoms with E-state index < -0.39 is 15.3 Å². The van der Waals surface area contributed by atoms with Crippen molar-refractivity contribution in [1.29, 1.82) is 0 Å². The van der Waals surface area contributed by atoms with Crippen LogP contribution in [0.25, 0.3) is 10.9 Å². The first-order valence-electron chi connectivity index (χ1n) is 10.2. The minimum atomic E-state index is -3.46. The van der Waals surface area contributed by atoms with Gasteiger partial charge in [0.1, 0.15) is 10.9 Å². The Morgan fingerprint density at radius 2 is 1.74 bits per heavy atom. The quantitative estimate of drug-likeness (QED) is 0.448. The van der Waals surface area contributed by atoms with Gasteiger partial charge >= 0.3 is 0 Å². The van der Waals surface area contributed by atoms with Crippen molar-refractivity contribution in [3.05, 3.63) is 54.4 Å². The lowest BCUT2D eigenvalue weighted by Gasteiger charge is -2.16. The van der Waals surface area contributed by atoms with Crippen molar-refractivity contribution in [2.75, 3.05) is 18.4 Å². The Balaban J connectivity index is 1.45. The lowest BCUT2D eigenvalue weighted by Crippen LogP contribution is -2.27. The van der Waals surface area contributed by atoms with Gasteiger partial charge < -0.3 is 5.32 Å². The Bertz CT molecular complexity index is 1210. The molecule has 1 atom stereocenters. The largest absolute Gasteiger partial charge is 0.325 e. The molecule has 0 bridgehead atoms. The van der Waals surface area contributed by atoms with Crippen LogP contribution in [0, 0.1) is 6.92 Å². The number of benzene rings is 2. The third-order valence-corrected chi connectivity index (χ3v) is 8.18. The Labute approximate surface area is 186 Å². The van der Waals surface area contributed by atoms with Crippen LogP contribution in [0.15, 0.2) is 58.5 Å². The predicted octanol–water partition coefficient (Wildman–Crippen LogP) is 3.84. The van der Waals surface area contributed by atoms with Gasteiger partial charge in [0.05, 0.1) is 15.7 Å². The molecule has 7 nitrogen and oxygen atoms in total. The Kier molecular flexibility index (Phi) is 6.27. The number of aromatic nitrogens is 2. The molecule has 4 rings (SSSR count). The topological polar surface area (TPSA) is 92.3 Å². The highest BCUT2D eigenvalue weighted by Gasteiger charge is 2.27. The lowest BCUT2D eigenvalue weighted by molar-refractivity contribution is -0.115. The summed E-state index contributed by atoms with van der Waals surface area (Å²) in [7, 11) is -3.46. The fourth-order valence-corrected chi connectivity index (χ4v) is 6.00. The monoisotopic (exact) mass is 456 g/mol. The van der Waals surface area contributed by atoms with E-state index in [0.717, 1.165) is 28.8 Å². The molecule has 0 saturated carbocycles. The first kappa shape index (κ1) is 21.7. The second kappa shape index (κ2) is 8.94. The number of fused-ring (bicyclic) bond motifs is 1. The zero-order chi connectivity index (χ0) is 22.0. The van der Waals surface area contributed by atoms with Gasteiger partial charge in [-0.2, -0.15) is 4.31 Å². The van der Waals surface area contributed by atoms with Gasteiger partial charge in [0.2, 0.25) is 15.9 Å². The van der Waals surface area contributed by atoms with Gasteiger partial charge in [-0.25, -0.2) is 18.4 Å². The van der Waals surface area contributed by atoms with E-state index in [1.54, 1.807) is 24.3 Å². The maximum atomic E-state index is 12.7. The summed E-state index contributed by atoms with van der Waals surface area (Å²) in [5, 5.41) is 4.14. The van der Waals surface area contributed by atoms with Crippen LogP contribution in [0.5, 0.6) is 0 Å². The minimum absolute atomic E-state index is 0.180. The zero-order valence-electron chi connectivity index (χ0n) is 17.4. The van der Waals surface area contributed by atoms with Crippen LogP contribution in [0.2, 0.25) is 0 Å². The normalized spacial score (nSPS) is 15.8. The van der Waals surface area contributed by atoms with Gasteiger partial charge in [-0.3, -0.25) is 4.79 Å². The number of nitrogens with one attached hydrogen (secondary N) is 1. The number of amides is 1. The molecule has 2 aromatic carbocycles. The Morgan fingerprint density at radius 3 is 2.45 bits per heavy atom. The number of sulfonamides is 1. The third kappa shape index (κ3) is 4.73. The number of hydrogen-bond donors (Lipinski definition) is 1. The summed E-state index contributed by atoms with van der Waals surface area (Å²) in [5.41, 5.74) is 1.40. The second-order valence-electron chi connectivity index (χ2n) is 7.48. The van der Waals surface area contributed by atoms with E-state index in [0.29, 0.717) is 24.6 Å². The average Bonchev–Trinajstić information content (AvgIpc) is 3.30. The molecular formula is C22H24N4O3S2. The lowest BCUT2D eigenvalue weighted by atomic mass is 10.2. The van der Waals surface area contributed by atoms with E-state index in [9.17, 15) is 13.2 Å². The molecule has 1 saturated heterocycles. The van der Waals surface area contributed by atoms with E-state index in [1.807, 2.05) is 38.1 Å². The molecule has 31 heavy (non-hydrogen) atoms. The SMILES string of the molecule is Cc1nc(S[C@H](C)C(=O)Nc2ccc(S(=O)(=O)N3CCCC3)cc2)c2ccccc2n1. The number of nitrogens with zero attached hydrogens (tertiary/aromatic N) is 3. The van der Waals surface area contributed by atoms with Crippen molar-refractivity contribution in [3.8, 4) is 0 Å². The van der Waals surface area contributed by atoms with Crippen molar-refractivity contribution in [2.45, 2.75) is 41.9 Å². The fourth-order valence-electron chi connectivity index (χ4n) is 3.50. The number of carbonyl (C=O) groups excluding carboxylic acids is 1. The standard InChI is InChI=1S/C22H24N4O3S2/c1-15(30-22-19-7-3-4-8-20(19)23-16(2)24-22)21(27)25-17-9-11-18(12-10-17)31(28,29)26-13-5-6-14-26/h3-4,7-12,15H,5-6,13-14H2,1-2H3,(H,25,27)/t15-/m1/s1. The average molecular weight is 457 g/mol. The molecule has 2 heterocycles. The highest BCUT2D eigenvalue weighted by molar-refractivity contribution is 8.00. The van der Waals surface area contributed by atoms with Crippen LogP contribution in [0.1, 0.15) is 25.6 Å². The maximum Gasteiger partial charge on any atom is 0.243 e. The predicted molar refractivity (Wildman–Crippen MR) is 123 cm³/mol. The number of anilines is 1. The van der Waals surface area contributed by atoms with E-state index >= 15 is 0 Å². The molecule has 1 amide bonds. The molecule has 9 heteroatoms.